The third-order valence-electron chi connectivity index (χ3n) is 2.72. The summed E-state index contributed by atoms with van der Waals surface area (Å²) >= 11 is 0. The lowest BCUT2D eigenvalue weighted by Crippen LogP contribution is -2.43. The predicted octanol–water partition coefficient (Wildman–Crippen LogP) is 2.62. The van der Waals surface area contributed by atoms with Crippen LogP contribution in [0.15, 0.2) is 18.2 Å². The van der Waals surface area contributed by atoms with Crippen LogP contribution in [0.1, 0.15) is 13.8 Å². The monoisotopic (exact) mass is 307 g/mol. The van der Waals surface area contributed by atoms with Crippen molar-refractivity contribution in [2.75, 3.05) is 24.1 Å². The van der Waals surface area contributed by atoms with Crippen molar-refractivity contribution in [3.8, 4) is 0 Å². The van der Waals surface area contributed by atoms with Crippen LogP contribution >= 0.6 is 0 Å². The van der Waals surface area contributed by atoms with E-state index < -0.39 is 37.0 Å². The fourth-order valence-corrected chi connectivity index (χ4v) is 1.66. The summed E-state index contributed by atoms with van der Waals surface area (Å²) in [4.78, 5) is 12.7. The van der Waals surface area contributed by atoms with E-state index in [1.165, 1.54) is 12.1 Å². The Hall–Kier alpha value is -1.83. The summed E-state index contributed by atoms with van der Waals surface area (Å²) in [6.45, 7) is 1.38. The van der Waals surface area contributed by atoms with Crippen LogP contribution in [-0.4, -0.2) is 36.1 Å². The number of benzene rings is 1. The summed E-state index contributed by atoms with van der Waals surface area (Å²) < 4.78 is 50.7. The van der Waals surface area contributed by atoms with Gasteiger partial charge in [0.2, 0.25) is 5.91 Å². The van der Waals surface area contributed by atoms with Crippen molar-refractivity contribution in [2.24, 2.45) is 0 Å². The van der Waals surface area contributed by atoms with Crippen molar-refractivity contribution in [2.45, 2.75) is 26.1 Å². The molecule has 118 valence electrons. The molecule has 0 aromatic heterocycles. The Balaban J connectivity index is 2.72. The van der Waals surface area contributed by atoms with E-state index >= 15 is 0 Å². The Morgan fingerprint density at radius 3 is 2.52 bits per heavy atom. The zero-order valence-corrected chi connectivity index (χ0v) is 11.7. The van der Waals surface area contributed by atoms with Gasteiger partial charge in [-0.2, -0.15) is 13.2 Å². The van der Waals surface area contributed by atoms with Crippen molar-refractivity contribution >= 4 is 17.3 Å². The van der Waals surface area contributed by atoms with Gasteiger partial charge < -0.3 is 11.1 Å². The average molecular weight is 307 g/mol. The van der Waals surface area contributed by atoms with Crippen LogP contribution in [0, 0.1) is 5.82 Å². The van der Waals surface area contributed by atoms with Gasteiger partial charge in [-0.25, -0.2) is 4.39 Å². The van der Waals surface area contributed by atoms with Crippen LogP contribution in [0.5, 0.6) is 0 Å². The second-order valence-corrected chi connectivity index (χ2v) is 4.90. The number of nitrogens with two attached hydrogens (primary N) is 1. The van der Waals surface area contributed by atoms with Gasteiger partial charge in [0, 0.05) is 11.7 Å². The second-order valence-electron chi connectivity index (χ2n) is 4.90. The number of carbonyl (C=O) groups is 1. The number of alkyl halides is 3. The SMILES string of the molecule is CC(C)N(CC(=O)Nc1cc(N)ccc1F)CC(F)(F)F. The molecule has 0 saturated carbocycles. The molecule has 0 heterocycles. The molecule has 1 aromatic carbocycles. The maximum Gasteiger partial charge on any atom is 0.401 e. The molecule has 0 fully saturated rings. The van der Waals surface area contributed by atoms with Gasteiger partial charge in [0.05, 0.1) is 18.8 Å². The van der Waals surface area contributed by atoms with Crippen molar-refractivity contribution in [3.63, 3.8) is 0 Å². The molecule has 0 atom stereocenters. The number of rotatable bonds is 5. The highest BCUT2D eigenvalue weighted by atomic mass is 19.4. The number of carbonyl (C=O) groups excluding carboxylic acids is 1. The Morgan fingerprint density at radius 1 is 1.38 bits per heavy atom. The fourth-order valence-electron chi connectivity index (χ4n) is 1.66. The van der Waals surface area contributed by atoms with Gasteiger partial charge in [-0.1, -0.05) is 0 Å². The van der Waals surface area contributed by atoms with Crippen LogP contribution in [0.3, 0.4) is 0 Å². The maximum absolute atomic E-state index is 13.4. The largest absolute Gasteiger partial charge is 0.401 e. The topological polar surface area (TPSA) is 58.4 Å². The van der Waals surface area contributed by atoms with Gasteiger partial charge in [-0.3, -0.25) is 9.69 Å². The van der Waals surface area contributed by atoms with Crippen LogP contribution in [-0.2, 0) is 4.79 Å². The molecule has 4 nitrogen and oxygen atoms in total. The first-order valence-electron chi connectivity index (χ1n) is 6.24. The minimum atomic E-state index is -4.41. The number of nitrogens with one attached hydrogen (secondary N) is 1. The lowest BCUT2D eigenvalue weighted by molar-refractivity contribution is -0.151. The molecule has 0 aliphatic rings. The van der Waals surface area contributed by atoms with Gasteiger partial charge in [-0.15, -0.1) is 0 Å². The number of anilines is 2. The minimum Gasteiger partial charge on any atom is -0.399 e. The van der Waals surface area contributed by atoms with Crippen LogP contribution < -0.4 is 11.1 Å². The smallest absolute Gasteiger partial charge is 0.399 e. The fraction of sp³-hybridized carbons (Fsp3) is 0.462. The van der Waals surface area contributed by atoms with E-state index in [0.717, 1.165) is 11.0 Å². The summed E-state index contributed by atoms with van der Waals surface area (Å²) in [6, 6.07) is 3.11. The van der Waals surface area contributed by atoms with E-state index in [4.69, 9.17) is 5.73 Å². The number of amides is 1. The highest BCUT2D eigenvalue weighted by Gasteiger charge is 2.32. The van der Waals surface area contributed by atoms with Gasteiger partial charge in [0.1, 0.15) is 5.82 Å². The normalized spacial score (nSPS) is 12.0. The quantitative estimate of drug-likeness (QED) is 0.649. The number of hydrogen-bond donors (Lipinski definition) is 2. The molecule has 0 aliphatic carbocycles. The molecule has 21 heavy (non-hydrogen) atoms. The first kappa shape index (κ1) is 17.2. The molecule has 0 aliphatic heterocycles. The zero-order chi connectivity index (χ0) is 16.2. The summed E-state index contributed by atoms with van der Waals surface area (Å²) in [6.07, 6.45) is -4.41. The Labute approximate surface area is 119 Å². The zero-order valence-electron chi connectivity index (χ0n) is 11.7. The highest BCUT2D eigenvalue weighted by molar-refractivity contribution is 5.92. The second kappa shape index (κ2) is 6.75. The highest BCUT2D eigenvalue weighted by Crippen LogP contribution is 2.19. The van der Waals surface area contributed by atoms with Gasteiger partial charge in [0.15, 0.2) is 0 Å². The van der Waals surface area contributed by atoms with Crippen LogP contribution in [0.2, 0.25) is 0 Å². The van der Waals surface area contributed by atoms with Crippen LogP contribution in [0.4, 0.5) is 28.9 Å². The van der Waals surface area contributed by atoms with Gasteiger partial charge in [0.25, 0.3) is 0 Å². The Bertz CT molecular complexity index is 503. The molecule has 0 bridgehead atoms. The summed E-state index contributed by atoms with van der Waals surface area (Å²) in [7, 11) is 0. The number of nitrogen functional groups attached to an aromatic ring is 1. The Morgan fingerprint density at radius 2 is 2.00 bits per heavy atom. The molecule has 1 aromatic rings. The summed E-state index contributed by atoms with van der Waals surface area (Å²) in [5.41, 5.74) is 5.54. The molecule has 1 amide bonds. The van der Waals surface area contributed by atoms with Crippen molar-refractivity contribution < 1.29 is 22.4 Å². The molecule has 0 radical (unpaired) electrons. The Kier molecular flexibility index (Phi) is 5.54. The first-order valence-corrected chi connectivity index (χ1v) is 6.24. The van der Waals surface area contributed by atoms with Crippen molar-refractivity contribution in [3.05, 3.63) is 24.0 Å². The van der Waals surface area contributed by atoms with Crippen molar-refractivity contribution in [1.82, 2.24) is 4.90 Å². The molecular formula is C13H17F4N3O. The lowest BCUT2D eigenvalue weighted by atomic mass is 10.2. The van der Waals surface area contributed by atoms with E-state index in [2.05, 4.69) is 5.32 Å². The average Bonchev–Trinajstić information content (AvgIpc) is 2.31. The van der Waals surface area contributed by atoms with E-state index in [1.54, 1.807) is 13.8 Å². The third-order valence-corrected chi connectivity index (χ3v) is 2.72. The minimum absolute atomic E-state index is 0.157. The molecular weight excluding hydrogens is 290 g/mol. The maximum atomic E-state index is 13.4. The van der Waals surface area contributed by atoms with Crippen molar-refractivity contribution in [1.29, 1.82) is 0 Å². The number of halogens is 4. The molecule has 8 heteroatoms. The standard InChI is InChI=1S/C13H17F4N3O/c1-8(2)20(7-13(15,16)17)6-12(21)19-11-5-9(18)3-4-10(11)14/h3-5,8H,6-7,18H2,1-2H3,(H,19,21). The molecule has 1 rings (SSSR count). The summed E-state index contributed by atoms with van der Waals surface area (Å²) in [5.74, 6) is -1.44. The predicted molar refractivity (Wildman–Crippen MR) is 72.2 cm³/mol. The first-order chi connectivity index (χ1) is 9.58. The van der Waals surface area contributed by atoms with Crippen LogP contribution in [0.25, 0.3) is 0 Å². The molecule has 3 N–H and O–H groups in total. The van der Waals surface area contributed by atoms with E-state index in [0.29, 0.717) is 0 Å². The molecule has 0 spiro atoms. The van der Waals surface area contributed by atoms with E-state index in [9.17, 15) is 22.4 Å². The van der Waals surface area contributed by atoms with Gasteiger partial charge >= 0.3 is 6.18 Å². The molecule has 0 unspecified atom stereocenters. The van der Waals surface area contributed by atoms with E-state index in [1.807, 2.05) is 0 Å². The molecule has 0 saturated heterocycles. The van der Waals surface area contributed by atoms with E-state index in [-0.39, 0.29) is 11.4 Å². The summed E-state index contributed by atoms with van der Waals surface area (Å²) in [5, 5.41) is 2.22. The van der Waals surface area contributed by atoms with Gasteiger partial charge in [-0.05, 0) is 32.0 Å². The lowest BCUT2D eigenvalue weighted by Gasteiger charge is -2.26. The third kappa shape index (κ3) is 5.99. The number of nitrogens with zero attached hydrogens (tertiary/aromatic N) is 1. The number of hydrogen-bond acceptors (Lipinski definition) is 3.